The van der Waals surface area contributed by atoms with E-state index in [1.54, 1.807) is 29.8 Å². The van der Waals surface area contributed by atoms with Gasteiger partial charge in [-0.1, -0.05) is 11.6 Å². The molecule has 0 spiro atoms. The molecule has 0 bridgehead atoms. The lowest BCUT2D eigenvalue weighted by Gasteiger charge is -2.16. The Morgan fingerprint density at radius 3 is 2.71 bits per heavy atom. The Balaban J connectivity index is 2.00. The van der Waals surface area contributed by atoms with Gasteiger partial charge in [-0.2, -0.15) is 0 Å². The van der Waals surface area contributed by atoms with Gasteiger partial charge in [-0.15, -0.1) is 0 Å². The summed E-state index contributed by atoms with van der Waals surface area (Å²) in [4.78, 5) is 29.7. The number of aromatic nitrogens is 2. The summed E-state index contributed by atoms with van der Waals surface area (Å²) >= 11 is 5.93. The number of halogens is 1. The van der Waals surface area contributed by atoms with Crippen molar-refractivity contribution < 1.29 is 14.3 Å². The van der Waals surface area contributed by atoms with Crippen molar-refractivity contribution in [1.29, 1.82) is 0 Å². The Hall–Kier alpha value is -2.34. The minimum Gasteiger partial charge on any atom is -0.497 e. The molecule has 21 heavy (non-hydrogen) atoms. The van der Waals surface area contributed by atoms with Gasteiger partial charge in [0.25, 0.3) is 11.7 Å². The highest BCUT2D eigenvalue weighted by atomic mass is 35.5. The van der Waals surface area contributed by atoms with Gasteiger partial charge in [-0.05, 0) is 18.2 Å². The van der Waals surface area contributed by atoms with Crippen molar-refractivity contribution in [3.05, 3.63) is 40.9 Å². The lowest BCUT2D eigenvalue weighted by Crippen LogP contribution is -2.30. The molecule has 0 radical (unpaired) electrons. The van der Waals surface area contributed by atoms with E-state index in [1.807, 2.05) is 0 Å². The van der Waals surface area contributed by atoms with E-state index in [1.165, 1.54) is 18.2 Å². The van der Waals surface area contributed by atoms with Gasteiger partial charge >= 0.3 is 0 Å². The Morgan fingerprint density at radius 2 is 2.10 bits per heavy atom. The number of imidazole rings is 1. The monoisotopic (exact) mass is 305 g/mol. The van der Waals surface area contributed by atoms with Gasteiger partial charge in [0, 0.05) is 7.05 Å². The smallest absolute Gasteiger partial charge is 0.299 e. The first-order chi connectivity index (χ1) is 10.0. The summed E-state index contributed by atoms with van der Waals surface area (Å²) in [5, 5.41) is 0.470. The SMILES string of the molecule is COc1ccc2c(c1)C(=O)C(=O)N2Cc1ncc(Cl)n1C. The van der Waals surface area contributed by atoms with Crippen LogP contribution in [0, 0.1) is 0 Å². The standard InChI is InChI=1S/C14H12ClN3O3/c1-17-11(15)6-16-12(17)7-18-10-4-3-8(21-2)5-9(10)13(19)14(18)20/h3-6H,7H2,1-2H3. The summed E-state index contributed by atoms with van der Waals surface area (Å²) in [6.07, 6.45) is 1.51. The van der Waals surface area contributed by atoms with E-state index in [0.29, 0.717) is 28.0 Å². The Morgan fingerprint density at radius 1 is 1.33 bits per heavy atom. The third kappa shape index (κ3) is 2.08. The molecule has 0 atom stereocenters. The van der Waals surface area contributed by atoms with E-state index in [-0.39, 0.29) is 6.54 Å². The average molecular weight is 306 g/mol. The highest BCUT2D eigenvalue weighted by Gasteiger charge is 2.36. The van der Waals surface area contributed by atoms with Crippen LogP contribution < -0.4 is 9.64 Å². The fourth-order valence-corrected chi connectivity index (χ4v) is 2.42. The van der Waals surface area contributed by atoms with E-state index in [0.717, 1.165) is 0 Å². The third-order valence-corrected chi connectivity index (χ3v) is 3.86. The molecule has 1 amide bonds. The molecule has 1 aliphatic rings. The van der Waals surface area contributed by atoms with Crippen LogP contribution in [0.3, 0.4) is 0 Å². The van der Waals surface area contributed by atoms with E-state index in [9.17, 15) is 9.59 Å². The maximum absolute atomic E-state index is 12.1. The van der Waals surface area contributed by atoms with Crippen molar-refractivity contribution in [2.45, 2.75) is 6.54 Å². The molecule has 1 aliphatic heterocycles. The molecule has 1 aromatic heterocycles. The number of anilines is 1. The normalized spacial score (nSPS) is 13.8. The lowest BCUT2D eigenvalue weighted by molar-refractivity contribution is -0.114. The first-order valence-corrected chi connectivity index (χ1v) is 6.61. The fraction of sp³-hybridized carbons (Fsp3) is 0.214. The Labute approximate surface area is 125 Å². The van der Waals surface area contributed by atoms with Gasteiger partial charge in [-0.3, -0.25) is 14.5 Å². The van der Waals surface area contributed by atoms with E-state index in [4.69, 9.17) is 16.3 Å². The van der Waals surface area contributed by atoms with Gasteiger partial charge in [-0.25, -0.2) is 4.98 Å². The zero-order chi connectivity index (χ0) is 15.1. The summed E-state index contributed by atoms with van der Waals surface area (Å²) in [5.74, 6) is 0.0307. The number of hydrogen-bond acceptors (Lipinski definition) is 4. The first-order valence-electron chi connectivity index (χ1n) is 6.23. The predicted molar refractivity (Wildman–Crippen MR) is 76.7 cm³/mol. The molecule has 0 N–H and O–H groups in total. The molecular formula is C14H12ClN3O3. The summed E-state index contributed by atoms with van der Waals surface area (Å²) < 4.78 is 6.75. The highest BCUT2D eigenvalue weighted by molar-refractivity contribution is 6.52. The van der Waals surface area contributed by atoms with Crippen molar-refractivity contribution in [2.24, 2.45) is 7.05 Å². The molecule has 0 saturated carbocycles. The summed E-state index contributed by atoms with van der Waals surface area (Å²) in [6.45, 7) is 0.188. The molecule has 108 valence electrons. The van der Waals surface area contributed by atoms with Crippen molar-refractivity contribution in [2.75, 3.05) is 12.0 Å². The van der Waals surface area contributed by atoms with Crippen molar-refractivity contribution in [3.63, 3.8) is 0 Å². The van der Waals surface area contributed by atoms with Crippen molar-refractivity contribution >= 4 is 29.0 Å². The summed E-state index contributed by atoms with van der Waals surface area (Å²) in [5.41, 5.74) is 0.907. The van der Waals surface area contributed by atoms with Crippen LogP contribution in [0.25, 0.3) is 0 Å². The predicted octanol–water partition coefficient (Wildman–Crippen LogP) is 1.81. The van der Waals surface area contributed by atoms with Crippen LogP contribution in [-0.2, 0) is 18.4 Å². The van der Waals surface area contributed by atoms with Gasteiger partial charge in [0.1, 0.15) is 16.7 Å². The number of methoxy groups -OCH3 is 1. The molecule has 2 heterocycles. The number of hydrogen-bond donors (Lipinski definition) is 0. The van der Waals surface area contributed by atoms with Crippen LogP contribution >= 0.6 is 11.6 Å². The molecule has 0 fully saturated rings. The van der Waals surface area contributed by atoms with Crippen LogP contribution in [0.5, 0.6) is 5.75 Å². The molecule has 0 saturated heterocycles. The minimum atomic E-state index is -0.572. The topological polar surface area (TPSA) is 64.4 Å². The molecule has 7 heteroatoms. The van der Waals surface area contributed by atoms with Crippen LogP contribution in [-0.4, -0.2) is 28.4 Å². The maximum Gasteiger partial charge on any atom is 0.299 e. The van der Waals surface area contributed by atoms with Crippen LogP contribution in [0.15, 0.2) is 24.4 Å². The number of fused-ring (bicyclic) bond motifs is 1. The Bertz CT molecular complexity index is 754. The van der Waals surface area contributed by atoms with E-state index in [2.05, 4.69) is 4.98 Å². The molecule has 0 unspecified atom stereocenters. The molecule has 0 aliphatic carbocycles. The molecular weight excluding hydrogens is 294 g/mol. The van der Waals surface area contributed by atoms with E-state index >= 15 is 0 Å². The molecule has 1 aromatic carbocycles. The van der Waals surface area contributed by atoms with Gasteiger partial charge in [0.15, 0.2) is 0 Å². The fourth-order valence-electron chi connectivity index (χ4n) is 2.28. The van der Waals surface area contributed by atoms with Crippen LogP contribution in [0.2, 0.25) is 5.15 Å². The molecule has 6 nitrogen and oxygen atoms in total. The lowest BCUT2D eigenvalue weighted by atomic mass is 10.1. The quantitative estimate of drug-likeness (QED) is 0.811. The van der Waals surface area contributed by atoms with Crippen molar-refractivity contribution in [3.8, 4) is 5.75 Å². The maximum atomic E-state index is 12.1. The zero-order valence-electron chi connectivity index (χ0n) is 11.5. The number of rotatable bonds is 3. The second-order valence-corrected chi connectivity index (χ2v) is 5.05. The molecule has 2 aromatic rings. The second-order valence-electron chi connectivity index (χ2n) is 4.66. The number of ketones is 1. The minimum absolute atomic E-state index is 0.188. The number of Topliss-reactive ketones (excluding diaryl/α,β-unsaturated/α-hetero) is 1. The highest BCUT2D eigenvalue weighted by Crippen LogP contribution is 2.33. The molecule has 3 rings (SSSR count). The van der Waals surface area contributed by atoms with E-state index < -0.39 is 11.7 Å². The number of ether oxygens (including phenoxy) is 1. The number of amides is 1. The van der Waals surface area contributed by atoms with Gasteiger partial charge < -0.3 is 9.30 Å². The number of carbonyl (C=O) groups is 2. The zero-order valence-corrected chi connectivity index (χ0v) is 12.2. The second kappa shape index (κ2) is 4.89. The van der Waals surface area contributed by atoms with Crippen molar-refractivity contribution in [1.82, 2.24) is 9.55 Å². The first kappa shape index (κ1) is 13.6. The van der Waals surface area contributed by atoms with Gasteiger partial charge in [0.05, 0.1) is 31.1 Å². The summed E-state index contributed by atoms with van der Waals surface area (Å²) in [6, 6.07) is 4.98. The number of nitrogens with zero attached hydrogens (tertiary/aromatic N) is 3. The average Bonchev–Trinajstić information content (AvgIpc) is 2.93. The number of benzene rings is 1. The third-order valence-electron chi connectivity index (χ3n) is 3.51. The Kier molecular flexibility index (Phi) is 3.17. The van der Waals surface area contributed by atoms with Crippen LogP contribution in [0.1, 0.15) is 16.2 Å². The van der Waals surface area contributed by atoms with Gasteiger partial charge in [0.2, 0.25) is 0 Å². The van der Waals surface area contributed by atoms with Crippen LogP contribution in [0.4, 0.5) is 5.69 Å². The largest absolute Gasteiger partial charge is 0.497 e. The number of carbonyl (C=O) groups excluding carboxylic acids is 2. The summed E-state index contributed by atoms with van der Waals surface area (Å²) in [7, 11) is 3.26.